The smallest absolute Gasteiger partial charge is 0.309 e. The number of piperidine rings is 2. The Morgan fingerprint density at radius 3 is 2.50 bits per heavy atom. The van der Waals surface area contributed by atoms with E-state index in [2.05, 4.69) is 10.0 Å². The lowest BCUT2D eigenvalue weighted by Gasteiger charge is -2.46. The van der Waals surface area contributed by atoms with Gasteiger partial charge in [-0.25, -0.2) is 13.1 Å². The number of hydrogen-bond acceptors (Lipinski definition) is 7. The van der Waals surface area contributed by atoms with Crippen LogP contribution in [-0.4, -0.2) is 88.3 Å². The van der Waals surface area contributed by atoms with Crippen molar-refractivity contribution in [2.24, 2.45) is 23.5 Å². The molecule has 13 heteroatoms. The number of nitrogens with two attached hydrogens (primary N) is 1. The first-order valence-corrected chi connectivity index (χ1v) is 15.7. The predicted octanol–water partition coefficient (Wildman–Crippen LogP) is 1.26. The van der Waals surface area contributed by atoms with Gasteiger partial charge in [0.25, 0.3) is 0 Å². The van der Waals surface area contributed by atoms with Gasteiger partial charge < -0.3 is 25.6 Å². The number of benzene rings is 2. The topological polar surface area (TPSA) is 175 Å². The third-order valence-corrected chi connectivity index (χ3v) is 9.88. The SMILES string of the molecule is CNC(=O)C1C(C(C(=O)OC)[C@@H]2CCCN(C(=N)N)C2)CCCN1C(=O)CCNS(=O)(=O)c1ccc2ccccc2c1. The number of carbonyl (C=O) groups is 3. The predicted molar refractivity (Wildman–Crippen MR) is 158 cm³/mol. The Balaban J connectivity index is 1.50. The van der Waals surface area contributed by atoms with Gasteiger partial charge in [0.15, 0.2) is 5.96 Å². The van der Waals surface area contributed by atoms with Gasteiger partial charge in [0.05, 0.1) is 17.9 Å². The lowest BCUT2D eigenvalue weighted by Crippen LogP contribution is -2.59. The van der Waals surface area contributed by atoms with Crippen LogP contribution in [0.4, 0.5) is 0 Å². The molecule has 2 amide bonds. The third-order valence-electron chi connectivity index (χ3n) is 8.42. The molecule has 0 spiro atoms. The van der Waals surface area contributed by atoms with E-state index in [0.717, 1.165) is 17.2 Å². The number of likely N-dealkylation sites (tertiary alicyclic amines) is 2. The first-order valence-electron chi connectivity index (χ1n) is 14.2. The zero-order valence-electron chi connectivity index (χ0n) is 24.0. The molecule has 2 aromatic rings. The number of sulfonamides is 1. The molecule has 2 aliphatic heterocycles. The summed E-state index contributed by atoms with van der Waals surface area (Å²) in [7, 11) is -1.08. The molecule has 0 aromatic heterocycles. The molecule has 5 N–H and O–H groups in total. The molecule has 42 heavy (non-hydrogen) atoms. The number of guanidine groups is 1. The monoisotopic (exact) mass is 600 g/mol. The van der Waals surface area contributed by atoms with E-state index in [1.54, 1.807) is 17.0 Å². The summed E-state index contributed by atoms with van der Waals surface area (Å²) in [6, 6.07) is 11.3. The van der Waals surface area contributed by atoms with Crippen LogP contribution in [0.1, 0.15) is 32.1 Å². The molecule has 2 aromatic carbocycles. The highest BCUT2D eigenvalue weighted by Gasteiger charge is 2.48. The molecule has 0 aliphatic carbocycles. The molecule has 2 heterocycles. The van der Waals surface area contributed by atoms with Gasteiger partial charge in [-0.3, -0.25) is 19.8 Å². The number of methoxy groups -OCH3 is 1. The largest absolute Gasteiger partial charge is 0.469 e. The molecule has 2 fully saturated rings. The average Bonchev–Trinajstić information content (AvgIpc) is 3.00. The molecule has 2 saturated heterocycles. The summed E-state index contributed by atoms with van der Waals surface area (Å²) in [5.74, 6) is -2.71. The lowest BCUT2D eigenvalue weighted by molar-refractivity contribution is -0.158. The number of rotatable bonds is 9. The van der Waals surface area contributed by atoms with Gasteiger partial charge in [-0.15, -0.1) is 0 Å². The van der Waals surface area contributed by atoms with Gasteiger partial charge in [-0.05, 0) is 54.5 Å². The highest BCUT2D eigenvalue weighted by atomic mass is 32.2. The van der Waals surface area contributed by atoms with Gasteiger partial charge in [-0.2, -0.15) is 0 Å². The summed E-state index contributed by atoms with van der Waals surface area (Å²) >= 11 is 0. The highest BCUT2D eigenvalue weighted by molar-refractivity contribution is 7.89. The van der Waals surface area contributed by atoms with E-state index in [0.29, 0.717) is 38.9 Å². The van der Waals surface area contributed by atoms with E-state index in [1.165, 1.54) is 25.1 Å². The average molecular weight is 601 g/mol. The molecular formula is C29H40N6O6S. The van der Waals surface area contributed by atoms with Crippen molar-refractivity contribution in [3.63, 3.8) is 0 Å². The van der Waals surface area contributed by atoms with E-state index >= 15 is 0 Å². The van der Waals surface area contributed by atoms with Crippen LogP contribution in [0, 0.1) is 23.2 Å². The van der Waals surface area contributed by atoms with Crippen molar-refractivity contribution >= 4 is 44.5 Å². The Labute approximate surface area is 246 Å². The minimum Gasteiger partial charge on any atom is -0.469 e. The second-order valence-corrected chi connectivity index (χ2v) is 12.7. The van der Waals surface area contributed by atoms with Gasteiger partial charge >= 0.3 is 5.97 Å². The second-order valence-electron chi connectivity index (χ2n) is 10.9. The van der Waals surface area contributed by atoms with Crippen LogP contribution in [0.5, 0.6) is 0 Å². The fourth-order valence-electron chi connectivity index (χ4n) is 6.39. The molecule has 12 nitrogen and oxygen atoms in total. The van der Waals surface area contributed by atoms with Gasteiger partial charge in [0.2, 0.25) is 21.8 Å². The summed E-state index contributed by atoms with van der Waals surface area (Å²) in [6.45, 7) is 1.16. The van der Waals surface area contributed by atoms with Crippen molar-refractivity contribution < 1.29 is 27.5 Å². The minimum atomic E-state index is -3.87. The maximum absolute atomic E-state index is 13.5. The molecular weight excluding hydrogens is 560 g/mol. The van der Waals surface area contributed by atoms with Crippen LogP contribution >= 0.6 is 0 Å². The Morgan fingerprint density at radius 1 is 1.10 bits per heavy atom. The van der Waals surface area contributed by atoms with E-state index in [-0.39, 0.29) is 35.6 Å². The van der Waals surface area contributed by atoms with Crippen LogP contribution in [0.3, 0.4) is 0 Å². The summed E-state index contributed by atoms with van der Waals surface area (Å²) in [6.07, 6.45) is 2.38. The van der Waals surface area contributed by atoms with Crippen LogP contribution in [0.25, 0.3) is 10.8 Å². The first kappa shape index (κ1) is 31.2. The molecule has 3 unspecified atom stereocenters. The van der Waals surface area contributed by atoms with Crippen molar-refractivity contribution in [2.75, 3.05) is 40.3 Å². The number of carbonyl (C=O) groups excluding carboxylic acids is 3. The number of fused-ring (bicyclic) bond motifs is 1. The summed E-state index contributed by atoms with van der Waals surface area (Å²) in [5, 5.41) is 12.2. The van der Waals surface area contributed by atoms with Crippen LogP contribution in [-0.2, 0) is 29.1 Å². The van der Waals surface area contributed by atoms with E-state index in [1.807, 2.05) is 24.3 Å². The Kier molecular flexibility index (Phi) is 10.0. The van der Waals surface area contributed by atoms with E-state index in [4.69, 9.17) is 15.9 Å². The number of likely N-dealkylation sites (N-methyl/N-ethyl adjacent to an activating group) is 1. The quantitative estimate of drug-likeness (QED) is 0.189. The molecule has 2 aliphatic rings. The molecule has 228 valence electrons. The standard InChI is InChI=1S/C29H40N6O6S/c1-32-27(37)26-23(25(28(38)41-2)21-9-5-15-34(18-21)29(30)31)10-6-16-35(26)24(36)13-14-33-42(39,40)22-12-11-19-7-3-4-8-20(19)17-22/h3-4,7-8,11-12,17,21,23,25-26,33H,5-6,9-10,13-16,18H2,1-2H3,(H3,30,31)(H,32,37)/t21-,23?,25?,26?/m1/s1. The number of amides is 2. The molecule has 0 radical (unpaired) electrons. The number of hydrogen-bond donors (Lipinski definition) is 4. The van der Waals surface area contributed by atoms with E-state index in [9.17, 15) is 22.8 Å². The van der Waals surface area contributed by atoms with Crippen molar-refractivity contribution in [3.8, 4) is 0 Å². The number of ether oxygens (including phenoxy) is 1. The summed E-state index contributed by atoms with van der Waals surface area (Å²) < 4.78 is 33.6. The normalized spacial score (nSPS) is 21.9. The van der Waals surface area contributed by atoms with Gasteiger partial charge in [0.1, 0.15) is 6.04 Å². The number of nitrogens with one attached hydrogen (secondary N) is 3. The van der Waals surface area contributed by atoms with Gasteiger partial charge in [0, 0.05) is 45.6 Å². The molecule has 4 atom stereocenters. The zero-order valence-corrected chi connectivity index (χ0v) is 24.9. The fraction of sp³-hybridized carbons (Fsp3) is 0.517. The number of esters is 1. The Morgan fingerprint density at radius 2 is 1.81 bits per heavy atom. The van der Waals surface area contributed by atoms with Crippen LogP contribution < -0.4 is 15.8 Å². The lowest BCUT2D eigenvalue weighted by atomic mass is 9.70. The summed E-state index contributed by atoms with van der Waals surface area (Å²) in [5.41, 5.74) is 5.74. The van der Waals surface area contributed by atoms with Crippen LogP contribution in [0.2, 0.25) is 0 Å². The molecule has 0 bridgehead atoms. The van der Waals surface area contributed by atoms with Crippen molar-refractivity contribution in [1.82, 2.24) is 19.8 Å². The number of nitrogens with zero attached hydrogens (tertiary/aromatic N) is 2. The highest BCUT2D eigenvalue weighted by Crippen LogP contribution is 2.38. The van der Waals surface area contributed by atoms with Crippen LogP contribution in [0.15, 0.2) is 47.4 Å². The third kappa shape index (κ3) is 6.84. The van der Waals surface area contributed by atoms with E-state index < -0.39 is 39.8 Å². The Bertz CT molecular complexity index is 1430. The zero-order chi connectivity index (χ0) is 30.4. The van der Waals surface area contributed by atoms with Gasteiger partial charge in [-0.1, -0.05) is 30.3 Å². The van der Waals surface area contributed by atoms with Crippen molar-refractivity contribution in [1.29, 1.82) is 5.41 Å². The van der Waals surface area contributed by atoms with Crippen molar-refractivity contribution in [2.45, 2.75) is 43.0 Å². The Hall–Kier alpha value is -3.71. The summed E-state index contributed by atoms with van der Waals surface area (Å²) in [4.78, 5) is 43.2. The molecule has 0 saturated carbocycles. The maximum Gasteiger partial charge on any atom is 0.309 e. The first-order chi connectivity index (χ1) is 20.1. The fourth-order valence-corrected chi connectivity index (χ4v) is 7.46. The maximum atomic E-state index is 13.5. The van der Waals surface area contributed by atoms with Crippen molar-refractivity contribution in [3.05, 3.63) is 42.5 Å². The second kappa shape index (κ2) is 13.5. The molecule has 4 rings (SSSR count). The minimum absolute atomic E-state index is 0.0715.